The van der Waals surface area contributed by atoms with Gasteiger partial charge in [0, 0.05) is 24.4 Å². The molecule has 3 heterocycles. The van der Waals surface area contributed by atoms with E-state index in [2.05, 4.69) is 14.9 Å². The Morgan fingerprint density at radius 2 is 2.06 bits per heavy atom. The van der Waals surface area contributed by atoms with Gasteiger partial charge in [0.1, 0.15) is 5.56 Å². The Morgan fingerprint density at radius 3 is 2.82 bits per heavy atom. The molecule has 0 radical (unpaired) electrons. The number of rotatable bonds is 5. The Morgan fingerprint density at radius 1 is 1.26 bits per heavy atom. The van der Waals surface area contributed by atoms with Crippen molar-refractivity contribution in [2.24, 2.45) is 4.99 Å². The Labute approximate surface area is 196 Å². The van der Waals surface area contributed by atoms with Crippen LogP contribution in [0.2, 0.25) is 0 Å². The summed E-state index contributed by atoms with van der Waals surface area (Å²) in [6, 6.07) is 1.77. The van der Waals surface area contributed by atoms with Gasteiger partial charge in [-0.3, -0.25) is 24.2 Å². The van der Waals surface area contributed by atoms with Crippen LogP contribution in [0.4, 0.5) is 0 Å². The van der Waals surface area contributed by atoms with Gasteiger partial charge in [-0.05, 0) is 37.9 Å². The molecule has 5 rings (SSSR count). The van der Waals surface area contributed by atoms with Gasteiger partial charge in [0.15, 0.2) is 11.5 Å². The van der Waals surface area contributed by atoms with Crippen molar-refractivity contribution in [3.8, 4) is 23.1 Å². The highest BCUT2D eigenvalue weighted by atomic mass is 16.7. The smallest absolute Gasteiger partial charge is 0.331 e. The van der Waals surface area contributed by atoms with Crippen molar-refractivity contribution in [3.05, 3.63) is 43.6 Å². The van der Waals surface area contributed by atoms with Gasteiger partial charge >= 0.3 is 5.69 Å². The van der Waals surface area contributed by atoms with Crippen molar-refractivity contribution in [2.75, 3.05) is 34.0 Å². The van der Waals surface area contributed by atoms with Crippen LogP contribution < -0.4 is 25.5 Å². The van der Waals surface area contributed by atoms with Crippen molar-refractivity contribution in [1.29, 1.82) is 0 Å². The summed E-state index contributed by atoms with van der Waals surface area (Å²) in [5, 5.41) is 10.8. The van der Waals surface area contributed by atoms with Gasteiger partial charge in [-0.25, -0.2) is 4.79 Å². The third-order valence-corrected chi connectivity index (χ3v) is 7.14. The second-order valence-corrected chi connectivity index (χ2v) is 9.12. The van der Waals surface area contributed by atoms with Crippen LogP contribution in [0.25, 0.3) is 0 Å². The molecule has 0 unspecified atom stereocenters. The molecule has 0 bridgehead atoms. The molecule has 10 nitrogen and oxygen atoms in total. The van der Waals surface area contributed by atoms with Crippen LogP contribution in [0.1, 0.15) is 60.9 Å². The Balaban J connectivity index is 1.46. The summed E-state index contributed by atoms with van der Waals surface area (Å²) < 4.78 is 18.2. The van der Waals surface area contributed by atoms with Crippen molar-refractivity contribution < 1.29 is 19.3 Å². The van der Waals surface area contributed by atoms with E-state index in [1.165, 1.54) is 10.8 Å². The first-order valence-corrected chi connectivity index (χ1v) is 11.8. The second kappa shape index (κ2) is 9.17. The van der Waals surface area contributed by atoms with Crippen molar-refractivity contribution in [1.82, 2.24) is 14.5 Å². The number of nitrogens with one attached hydrogen (secondary N) is 1. The molecule has 0 amide bonds. The number of aliphatic imine (C=N–C) groups is 1. The van der Waals surface area contributed by atoms with Gasteiger partial charge in [-0.2, -0.15) is 0 Å². The Kier molecular flexibility index (Phi) is 6.07. The van der Waals surface area contributed by atoms with E-state index in [0.29, 0.717) is 23.8 Å². The van der Waals surface area contributed by atoms with E-state index in [-0.39, 0.29) is 30.3 Å². The molecule has 0 saturated heterocycles. The Hall–Kier alpha value is -3.27. The van der Waals surface area contributed by atoms with Crippen LogP contribution >= 0.6 is 0 Å². The molecular formula is C24H30N4O6. The van der Waals surface area contributed by atoms with Crippen molar-refractivity contribution in [3.63, 3.8) is 0 Å². The lowest BCUT2D eigenvalue weighted by Crippen LogP contribution is -2.35. The summed E-state index contributed by atoms with van der Waals surface area (Å²) in [6.45, 7) is 1.32. The van der Waals surface area contributed by atoms with Crippen molar-refractivity contribution in [2.45, 2.75) is 50.6 Å². The SMILES string of the molecule is COc1c2c(cc3c1[C@H](CN=Cc1c(O)n(C4CCCCC4)c(=O)[nH]c1=O)N(C)CC3)OCO2. The minimum Gasteiger partial charge on any atom is -0.494 e. The van der Waals surface area contributed by atoms with Gasteiger partial charge in [0.2, 0.25) is 18.4 Å². The number of aromatic hydroxyl groups is 1. The second-order valence-electron chi connectivity index (χ2n) is 9.12. The number of benzene rings is 1. The lowest BCUT2D eigenvalue weighted by Gasteiger charge is -2.35. The highest BCUT2D eigenvalue weighted by Gasteiger charge is 2.33. The number of aromatic amines is 1. The van der Waals surface area contributed by atoms with Gasteiger partial charge in [0.25, 0.3) is 5.56 Å². The lowest BCUT2D eigenvalue weighted by atomic mass is 9.91. The molecule has 2 aliphatic heterocycles. The first-order chi connectivity index (χ1) is 16.5. The summed E-state index contributed by atoms with van der Waals surface area (Å²) in [5.74, 6) is 1.61. The number of likely N-dealkylation sites (N-methyl/N-ethyl adjacent to an activating group) is 1. The number of nitrogens with zero attached hydrogens (tertiary/aromatic N) is 3. The molecule has 10 heteroatoms. The van der Waals surface area contributed by atoms with E-state index < -0.39 is 11.2 Å². The summed E-state index contributed by atoms with van der Waals surface area (Å²) >= 11 is 0. The molecule has 1 aromatic carbocycles. The highest BCUT2D eigenvalue weighted by molar-refractivity contribution is 5.82. The van der Waals surface area contributed by atoms with Crippen LogP contribution in [0.3, 0.4) is 0 Å². The van der Waals surface area contributed by atoms with Gasteiger partial charge in [-0.15, -0.1) is 0 Å². The molecular weight excluding hydrogens is 440 g/mol. The van der Waals surface area contributed by atoms with E-state index in [0.717, 1.165) is 56.2 Å². The third-order valence-electron chi connectivity index (χ3n) is 7.14. The fraction of sp³-hybridized carbons (Fsp3) is 0.542. The average Bonchev–Trinajstić information content (AvgIpc) is 3.30. The predicted molar refractivity (Wildman–Crippen MR) is 126 cm³/mol. The Bertz CT molecular complexity index is 1230. The zero-order valence-electron chi connectivity index (χ0n) is 19.5. The molecule has 2 N–H and O–H groups in total. The normalized spacial score (nSPS) is 20.6. The zero-order valence-corrected chi connectivity index (χ0v) is 19.5. The van der Waals surface area contributed by atoms with E-state index in [1.54, 1.807) is 7.11 Å². The van der Waals surface area contributed by atoms with Crippen LogP contribution in [0.5, 0.6) is 23.1 Å². The van der Waals surface area contributed by atoms with Crippen LogP contribution in [-0.2, 0) is 6.42 Å². The average molecular weight is 471 g/mol. The summed E-state index contributed by atoms with van der Waals surface area (Å²) in [6.07, 6.45) is 6.91. The van der Waals surface area contributed by atoms with Crippen LogP contribution in [-0.4, -0.2) is 59.8 Å². The standard InChI is InChI=1S/C24H30N4O6/c1-27-9-8-14-10-18-20(34-13-33-18)21(32-2)19(14)17(27)12-25-11-16-22(29)26-24(31)28(23(16)30)15-6-4-3-5-7-15/h10-11,15,17,30H,3-9,12-13H2,1-2H3,(H,26,29,31)/t17-/m0/s1. The molecule has 1 aromatic heterocycles. The summed E-state index contributed by atoms with van der Waals surface area (Å²) in [5.41, 5.74) is 0.889. The van der Waals surface area contributed by atoms with Crippen LogP contribution in [0, 0.1) is 0 Å². The number of hydrogen-bond donors (Lipinski definition) is 2. The zero-order chi connectivity index (χ0) is 23.8. The summed E-state index contributed by atoms with van der Waals surface area (Å²) in [7, 11) is 3.62. The van der Waals surface area contributed by atoms with Gasteiger partial charge in [-0.1, -0.05) is 19.3 Å². The number of hydrogen-bond acceptors (Lipinski definition) is 8. The number of aromatic nitrogens is 2. The monoisotopic (exact) mass is 470 g/mol. The topological polar surface area (TPSA) is 118 Å². The molecule has 182 valence electrons. The van der Waals surface area contributed by atoms with Crippen LogP contribution in [0.15, 0.2) is 20.6 Å². The molecule has 1 aliphatic carbocycles. The first kappa shape index (κ1) is 22.5. The fourth-order valence-corrected chi connectivity index (χ4v) is 5.35. The number of H-pyrrole nitrogens is 1. The number of methoxy groups -OCH3 is 1. The minimum atomic E-state index is -0.642. The summed E-state index contributed by atoms with van der Waals surface area (Å²) in [4.78, 5) is 34.0. The molecule has 3 aliphatic rings. The maximum absolute atomic E-state index is 12.5. The number of fused-ring (bicyclic) bond motifs is 2. The number of ether oxygens (including phenoxy) is 3. The van der Waals surface area contributed by atoms with E-state index in [4.69, 9.17) is 14.2 Å². The first-order valence-electron chi connectivity index (χ1n) is 11.8. The van der Waals surface area contributed by atoms with Crippen molar-refractivity contribution >= 4 is 6.21 Å². The lowest BCUT2D eigenvalue weighted by molar-refractivity contribution is 0.170. The molecule has 0 spiro atoms. The fourth-order valence-electron chi connectivity index (χ4n) is 5.35. The maximum atomic E-state index is 12.5. The molecule has 1 atom stereocenters. The van der Waals surface area contributed by atoms with E-state index in [9.17, 15) is 14.7 Å². The van der Waals surface area contributed by atoms with E-state index in [1.807, 2.05) is 13.1 Å². The van der Waals surface area contributed by atoms with E-state index >= 15 is 0 Å². The maximum Gasteiger partial charge on any atom is 0.331 e. The largest absolute Gasteiger partial charge is 0.494 e. The predicted octanol–water partition coefficient (Wildman–Crippen LogP) is 2.13. The minimum absolute atomic E-state index is 0.00140. The highest BCUT2D eigenvalue weighted by Crippen LogP contribution is 2.49. The third kappa shape index (κ3) is 3.85. The molecule has 34 heavy (non-hydrogen) atoms. The van der Waals surface area contributed by atoms with Gasteiger partial charge in [0.05, 0.1) is 19.7 Å². The molecule has 2 aromatic rings. The molecule has 1 fully saturated rings. The molecule has 1 saturated carbocycles. The van der Waals surface area contributed by atoms with Gasteiger partial charge < -0.3 is 19.3 Å². The quantitative estimate of drug-likeness (QED) is 0.643.